The van der Waals surface area contributed by atoms with Gasteiger partial charge in [-0.05, 0) is 13.3 Å². The molecule has 92 valence electrons. The van der Waals surface area contributed by atoms with Crippen LogP contribution >= 0.6 is 0 Å². The Hall–Kier alpha value is -0.780. The smallest absolute Gasteiger partial charge is 0.475 e. The molecule has 0 bridgehead atoms. The molecule has 0 aliphatic rings. The molecule has 0 aliphatic heterocycles. The average Bonchev–Trinajstić information content (AvgIpc) is 2.03. The molecule has 3 nitrogen and oxygen atoms in total. The van der Waals surface area contributed by atoms with Gasteiger partial charge in [-0.1, -0.05) is 26.2 Å². The van der Waals surface area contributed by atoms with E-state index in [4.69, 9.17) is 15.0 Å². The van der Waals surface area contributed by atoms with Gasteiger partial charge in [0.1, 0.15) is 0 Å². The van der Waals surface area contributed by atoms with Crippen molar-refractivity contribution in [2.24, 2.45) is 0 Å². The van der Waals surface area contributed by atoms with E-state index in [1.807, 2.05) is 6.92 Å². The highest BCUT2D eigenvalue weighted by Gasteiger charge is 2.38. The van der Waals surface area contributed by atoms with E-state index in [1.54, 1.807) is 0 Å². The molecule has 1 unspecified atom stereocenters. The Morgan fingerprint density at radius 1 is 1.33 bits per heavy atom. The fourth-order valence-electron chi connectivity index (χ4n) is 0.690. The molecular formula is C9H17F3O3. The van der Waals surface area contributed by atoms with Crippen LogP contribution in [0.5, 0.6) is 0 Å². The van der Waals surface area contributed by atoms with Crippen molar-refractivity contribution in [3.63, 3.8) is 0 Å². The lowest BCUT2D eigenvalue weighted by Crippen LogP contribution is -2.21. The molecule has 0 saturated carbocycles. The molecule has 0 aliphatic carbocycles. The summed E-state index contributed by atoms with van der Waals surface area (Å²) >= 11 is 0. The van der Waals surface area contributed by atoms with Crippen LogP contribution in [0.2, 0.25) is 0 Å². The van der Waals surface area contributed by atoms with Crippen LogP contribution in [0.3, 0.4) is 0 Å². The topological polar surface area (TPSA) is 57.5 Å². The highest BCUT2D eigenvalue weighted by molar-refractivity contribution is 5.73. The fraction of sp³-hybridized carbons (Fsp3) is 0.889. The molecule has 0 spiro atoms. The van der Waals surface area contributed by atoms with Crippen LogP contribution in [-0.2, 0) is 4.79 Å². The van der Waals surface area contributed by atoms with Crippen LogP contribution in [0, 0.1) is 0 Å². The van der Waals surface area contributed by atoms with Crippen molar-refractivity contribution in [1.29, 1.82) is 0 Å². The molecule has 0 fully saturated rings. The molecule has 0 amide bonds. The van der Waals surface area contributed by atoms with Crippen molar-refractivity contribution in [3.8, 4) is 0 Å². The number of aliphatic hydroxyl groups is 1. The monoisotopic (exact) mass is 230 g/mol. The summed E-state index contributed by atoms with van der Waals surface area (Å²) in [6.45, 7) is 4.01. The lowest BCUT2D eigenvalue weighted by molar-refractivity contribution is -0.192. The standard InChI is InChI=1S/C7H16O.C2HF3O2/c1-3-4-5-6-7(2)8;3-2(4,5)1(6)7/h7-8H,3-6H2,1-2H3;(H,6,7). The molecule has 2 N–H and O–H groups in total. The van der Waals surface area contributed by atoms with E-state index in [-0.39, 0.29) is 6.10 Å². The van der Waals surface area contributed by atoms with Gasteiger partial charge in [-0.25, -0.2) is 4.79 Å². The zero-order valence-electron chi connectivity index (χ0n) is 8.84. The van der Waals surface area contributed by atoms with Crippen molar-refractivity contribution in [1.82, 2.24) is 0 Å². The Morgan fingerprint density at radius 3 is 1.93 bits per heavy atom. The lowest BCUT2D eigenvalue weighted by atomic mass is 10.1. The summed E-state index contributed by atoms with van der Waals surface area (Å²) in [6.07, 6.45) is -0.541. The van der Waals surface area contributed by atoms with Gasteiger partial charge >= 0.3 is 12.1 Å². The molecule has 0 saturated heterocycles. The van der Waals surface area contributed by atoms with E-state index in [0.717, 1.165) is 6.42 Å². The molecule has 15 heavy (non-hydrogen) atoms. The summed E-state index contributed by atoms with van der Waals surface area (Å²) < 4.78 is 31.7. The van der Waals surface area contributed by atoms with Crippen molar-refractivity contribution >= 4 is 5.97 Å². The summed E-state index contributed by atoms with van der Waals surface area (Å²) in [5.41, 5.74) is 0. The number of hydrogen-bond acceptors (Lipinski definition) is 2. The number of aliphatic carboxylic acids is 1. The number of carboxylic acids is 1. The Bertz CT molecular complexity index is 166. The summed E-state index contributed by atoms with van der Waals surface area (Å²) in [7, 11) is 0. The maximum atomic E-state index is 10.6. The van der Waals surface area contributed by atoms with E-state index in [2.05, 4.69) is 6.92 Å². The predicted molar refractivity (Wildman–Crippen MR) is 49.5 cm³/mol. The highest BCUT2D eigenvalue weighted by Crippen LogP contribution is 2.13. The van der Waals surface area contributed by atoms with Crippen LogP contribution in [0.25, 0.3) is 0 Å². The van der Waals surface area contributed by atoms with Gasteiger partial charge in [0.2, 0.25) is 0 Å². The molecule has 0 rings (SSSR count). The Labute approximate surface area is 86.9 Å². The Morgan fingerprint density at radius 2 is 1.73 bits per heavy atom. The predicted octanol–water partition coefficient (Wildman–Crippen LogP) is 2.58. The minimum absolute atomic E-state index is 0.0958. The summed E-state index contributed by atoms with van der Waals surface area (Å²) in [5, 5.41) is 15.9. The van der Waals surface area contributed by atoms with E-state index in [1.165, 1.54) is 19.3 Å². The van der Waals surface area contributed by atoms with Gasteiger partial charge in [0.25, 0.3) is 0 Å². The van der Waals surface area contributed by atoms with E-state index >= 15 is 0 Å². The van der Waals surface area contributed by atoms with E-state index < -0.39 is 12.1 Å². The Kier molecular flexibility index (Phi) is 9.46. The zero-order valence-corrected chi connectivity index (χ0v) is 8.84. The maximum absolute atomic E-state index is 10.6. The number of unbranched alkanes of at least 4 members (excludes halogenated alkanes) is 2. The van der Waals surface area contributed by atoms with Crippen molar-refractivity contribution in [3.05, 3.63) is 0 Å². The average molecular weight is 230 g/mol. The zero-order chi connectivity index (χ0) is 12.5. The first-order chi connectivity index (χ1) is 6.71. The van der Waals surface area contributed by atoms with Gasteiger partial charge in [-0.2, -0.15) is 13.2 Å². The van der Waals surface area contributed by atoms with Crippen molar-refractivity contribution < 1.29 is 28.2 Å². The summed E-state index contributed by atoms with van der Waals surface area (Å²) in [4.78, 5) is 8.90. The number of carboxylic acid groups (broad SMARTS) is 1. The number of carbonyl (C=O) groups is 1. The quantitative estimate of drug-likeness (QED) is 0.730. The lowest BCUT2D eigenvalue weighted by Gasteiger charge is -2.00. The maximum Gasteiger partial charge on any atom is 0.490 e. The minimum atomic E-state index is -5.08. The molecule has 0 radical (unpaired) electrons. The van der Waals surface area contributed by atoms with Crippen LogP contribution in [0.1, 0.15) is 39.5 Å². The third-order valence-corrected chi connectivity index (χ3v) is 1.47. The number of hydrogen-bond donors (Lipinski definition) is 2. The number of halogens is 3. The van der Waals surface area contributed by atoms with E-state index in [0.29, 0.717) is 0 Å². The van der Waals surface area contributed by atoms with Crippen LogP contribution in [0.4, 0.5) is 13.2 Å². The van der Waals surface area contributed by atoms with Crippen LogP contribution < -0.4 is 0 Å². The van der Waals surface area contributed by atoms with Crippen LogP contribution in [-0.4, -0.2) is 28.5 Å². The van der Waals surface area contributed by atoms with Crippen molar-refractivity contribution in [2.75, 3.05) is 0 Å². The molecule has 0 heterocycles. The second-order valence-electron chi connectivity index (χ2n) is 3.15. The van der Waals surface area contributed by atoms with Crippen molar-refractivity contribution in [2.45, 2.75) is 51.8 Å². The largest absolute Gasteiger partial charge is 0.490 e. The normalized spacial score (nSPS) is 12.7. The third-order valence-electron chi connectivity index (χ3n) is 1.47. The second-order valence-corrected chi connectivity index (χ2v) is 3.15. The van der Waals surface area contributed by atoms with Gasteiger partial charge in [-0.15, -0.1) is 0 Å². The van der Waals surface area contributed by atoms with Crippen LogP contribution in [0.15, 0.2) is 0 Å². The molecule has 0 aromatic rings. The first-order valence-corrected chi connectivity index (χ1v) is 4.70. The second kappa shape index (κ2) is 8.52. The highest BCUT2D eigenvalue weighted by atomic mass is 19.4. The Balaban J connectivity index is 0. The first-order valence-electron chi connectivity index (χ1n) is 4.70. The number of alkyl halides is 3. The molecular weight excluding hydrogens is 213 g/mol. The summed E-state index contributed by atoms with van der Waals surface area (Å²) in [6, 6.07) is 0. The SMILES string of the molecule is CCCCCC(C)O.O=C(O)C(F)(F)F. The third kappa shape index (κ3) is 15.9. The van der Waals surface area contributed by atoms with Gasteiger partial charge < -0.3 is 10.2 Å². The van der Waals surface area contributed by atoms with Gasteiger partial charge in [0.05, 0.1) is 6.10 Å². The van der Waals surface area contributed by atoms with E-state index in [9.17, 15) is 13.2 Å². The minimum Gasteiger partial charge on any atom is -0.475 e. The number of rotatable bonds is 4. The van der Waals surface area contributed by atoms with Gasteiger partial charge in [-0.3, -0.25) is 0 Å². The fourth-order valence-corrected chi connectivity index (χ4v) is 0.690. The number of aliphatic hydroxyl groups excluding tert-OH is 1. The molecule has 6 heteroatoms. The molecule has 0 aromatic heterocycles. The van der Waals surface area contributed by atoms with Gasteiger partial charge in [0.15, 0.2) is 0 Å². The molecule has 0 aromatic carbocycles. The summed E-state index contributed by atoms with van der Waals surface area (Å²) in [5.74, 6) is -2.76. The molecule has 1 atom stereocenters. The van der Waals surface area contributed by atoms with Gasteiger partial charge in [0, 0.05) is 0 Å². The first kappa shape index (κ1) is 16.6.